The molecule has 0 saturated heterocycles. The van der Waals surface area contributed by atoms with E-state index in [1.807, 2.05) is 0 Å². The fraction of sp³-hybridized carbons (Fsp3) is 0.900. The fourth-order valence-electron chi connectivity index (χ4n) is 11.5. The number of aliphatic hydroxyl groups is 1. The molecule has 10 atom stereocenters. The highest BCUT2D eigenvalue weighted by atomic mass is 16.4. The van der Waals surface area contributed by atoms with Gasteiger partial charge in [-0.25, -0.2) is 0 Å². The number of carbonyl (C=O) groups is 1. The zero-order valence-corrected chi connectivity index (χ0v) is 22.0. The second-order valence-electron chi connectivity index (χ2n) is 14.5. The summed E-state index contributed by atoms with van der Waals surface area (Å²) in [5.41, 5.74) is 1.35. The van der Waals surface area contributed by atoms with Crippen molar-refractivity contribution >= 4 is 5.97 Å². The minimum atomic E-state index is -0.538. The van der Waals surface area contributed by atoms with Crippen LogP contribution in [0.4, 0.5) is 0 Å². The third-order valence-electron chi connectivity index (χ3n) is 13.5. The van der Waals surface area contributed by atoms with Crippen LogP contribution >= 0.6 is 0 Å². The van der Waals surface area contributed by atoms with E-state index < -0.39 is 11.4 Å². The highest BCUT2D eigenvalue weighted by Gasteiger charge is 2.71. The van der Waals surface area contributed by atoms with Crippen LogP contribution in [-0.2, 0) is 4.79 Å². The van der Waals surface area contributed by atoms with Crippen molar-refractivity contribution in [2.45, 2.75) is 112 Å². The molecule has 2 N–H and O–H groups in total. The van der Waals surface area contributed by atoms with Crippen molar-refractivity contribution in [2.75, 3.05) is 0 Å². The number of carboxylic acid groups (broad SMARTS) is 1. The maximum absolute atomic E-state index is 12.8. The third kappa shape index (κ3) is 2.75. The van der Waals surface area contributed by atoms with Gasteiger partial charge in [0.05, 0.1) is 11.5 Å². The van der Waals surface area contributed by atoms with E-state index >= 15 is 0 Å². The minimum absolute atomic E-state index is 0.0202. The topological polar surface area (TPSA) is 57.5 Å². The fourth-order valence-corrected chi connectivity index (χ4v) is 11.5. The van der Waals surface area contributed by atoms with Crippen molar-refractivity contribution in [3.63, 3.8) is 0 Å². The molecule has 0 spiro atoms. The molecular formula is C30H48O3. The summed E-state index contributed by atoms with van der Waals surface area (Å²) < 4.78 is 0. The lowest BCUT2D eigenvalue weighted by molar-refractivity contribution is -0.248. The SMILES string of the molecule is C=C(C)[C@H]1CC[C@]2(C(=O)O)CC[C@@]3(C)[C@@H](CC[C@H]4[C@]5(C)CC[C@@H](O)C(C)(C)[C@H]5CC[C@@]43C)[C@H]12. The molecule has 0 aromatic heterocycles. The van der Waals surface area contributed by atoms with Gasteiger partial charge in [-0.3, -0.25) is 4.79 Å². The maximum Gasteiger partial charge on any atom is 0.309 e. The first-order valence-corrected chi connectivity index (χ1v) is 13.8. The number of allylic oxidation sites excluding steroid dienone is 1. The van der Waals surface area contributed by atoms with Crippen LogP contribution in [0.3, 0.4) is 0 Å². The molecule has 0 heterocycles. The van der Waals surface area contributed by atoms with Gasteiger partial charge in [-0.2, -0.15) is 0 Å². The maximum atomic E-state index is 12.8. The first-order valence-electron chi connectivity index (χ1n) is 13.8. The quantitative estimate of drug-likeness (QED) is 0.436. The molecule has 3 heteroatoms. The predicted molar refractivity (Wildman–Crippen MR) is 133 cm³/mol. The Morgan fingerprint density at radius 1 is 0.818 bits per heavy atom. The summed E-state index contributed by atoms with van der Waals surface area (Å²) in [7, 11) is 0. The lowest BCUT2D eigenvalue weighted by atomic mass is 9.32. The van der Waals surface area contributed by atoms with E-state index in [-0.39, 0.29) is 33.7 Å². The van der Waals surface area contributed by atoms with Crippen molar-refractivity contribution in [2.24, 2.45) is 56.7 Å². The Kier molecular flexibility index (Phi) is 5.15. The zero-order valence-electron chi connectivity index (χ0n) is 22.0. The molecule has 5 saturated carbocycles. The zero-order chi connectivity index (χ0) is 24.2. The van der Waals surface area contributed by atoms with Gasteiger partial charge in [0.1, 0.15) is 0 Å². The molecule has 0 bridgehead atoms. The molecule has 3 nitrogen and oxygen atoms in total. The van der Waals surface area contributed by atoms with Crippen molar-refractivity contribution in [3.8, 4) is 0 Å². The Balaban J connectivity index is 1.57. The van der Waals surface area contributed by atoms with E-state index in [0.717, 1.165) is 38.5 Å². The molecule has 5 fully saturated rings. The van der Waals surface area contributed by atoms with Gasteiger partial charge in [0.2, 0.25) is 0 Å². The second kappa shape index (κ2) is 7.11. The van der Waals surface area contributed by atoms with E-state index in [4.69, 9.17) is 0 Å². The molecule has 0 radical (unpaired) electrons. The van der Waals surface area contributed by atoms with Crippen LogP contribution in [0, 0.1) is 56.7 Å². The molecule has 0 aromatic rings. The van der Waals surface area contributed by atoms with E-state index in [1.165, 1.54) is 31.3 Å². The van der Waals surface area contributed by atoms with E-state index in [2.05, 4.69) is 48.1 Å². The highest BCUT2D eigenvalue weighted by molar-refractivity contribution is 5.76. The number of aliphatic carboxylic acids is 1. The summed E-state index contributed by atoms with van der Waals surface area (Å²) in [5.74, 6) is 1.79. The number of rotatable bonds is 2. The molecule has 0 amide bonds. The van der Waals surface area contributed by atoms with Gasteiger partial charge in [0, 0.05) is 0 Å². The van der Waals surface area contributed by atoms with Gasteiger partial charge < -0.3 is 10.2 Å². The predicted octanol–water partition coefficient (Wildman–Crippen LogP) is 7.09. The summed E-state index contributed by atoms with van der Waals surface area (Å²) in [6, 6.07) is 0. The third-order valence-corrected chi connectivity index (χ3v) is 13.5. The number of hydrogen-bond acceptors (Lipinski definition) is 2. The Bertz CT molecular complexity index is 861. The van der Waals surface area contributed by atoms with Crippen molar-refractivity contribution in [1.29, 1.82) is 0 Å². The first-order chi connectivity index (χ1) is 15.3. The largest absolute Gasteiger partial charge is 0.481 e. The van der Waals surface area contributed by atoms with Gasteiger partial charge in [-0.15, -0.1) is 0 Å². The smallest absolute Gasteiger partial charge is 0.309 e. The number of carboxylic acids is 1. The first kappa shape index (κ1) is 23.9. The van der Waals surface area contributed by atoms with E-state index in [1.54, 1.807) is 0 Å². The van der Waals surface area contributed by atoms with Crippen LogP contribution in [0.1, 0.15) is 106 Å². The van der Waals surface area contributed by atoms with Crippen LogP contribution in [-0.4, -0.2) is 22.3 Å². The second-order valence-corrected chi connectivity index (χ2v) is 14.5. The van der Waals surface area contributed by atoms with Crippen LogP contribution in [0.25, 0.3) is 0 Å². The highest BCUT2D eigenvalue weighted by Crippen LogP contribution is 2.77. The van der Waals surface area contributed by atoms with Crippen LogP contribution < -0.4 is 0 Å². The number of aliphatic hydroxyl groups excluding tert-OH is 1. The van der Waals surface area contributed by atoms with Gasteiger partial charge in [0.25, 0.3) is 0 Å². The van der Waals surface area contributed by atoms with Gasteiger partial charge in [-0.1, -0.05) is 46.8 Å². The Hall–Kier alpha value is -0.830. The molecule has 33 heavy (non-hydrogen) atoms. The van der Waals surface area contributed by atoms with Crippen LogP contribution in [0.15, 0.2) is 12.2 Å². The molecule has 5 aliphatic carbocycles. The number of fused-ring (bicyclic) bond motifs is 7. The molecule has 5 aliphatic rings. The standard InChI is InChI=1S/C30H48O3/c1-18(2)19-10-15-30(25(32)33)17-16-28(6)20(24(19)30)8-9-22-27(5)13-12-23(31)26(3,4)21(27)11-14-29(22,28)7/h19-24,31H,1,8-17H2,2-7H3,(H,32,33)/t19-,20+,21-,22+,23-,24+,27-,28+,29+,30+/m1/s1. The van der Waals surface area contributed by atoms with Gasteiger partial charge in [0.15, 0.2) is 0 Å². The Morgan fingerprint density at radius 2 is 1.52 bits per heavy atom. The normalized spacial score (nSPS) is 55.0. The summed E-state index contributed by atoms with van der Waals surface area (Å²) >= 11 is 0. The van der Waals surface area contributed by atoms with Crippen LogP contribution in [0.5, 0.6) is 0 Å². The van der Waals surface area contributed by atoms with Crippen molar-refractivity contribution in [3.05, 3.63) is 12.2 Å². The molecule has 5 rings (SSSR count). The Morgan fingerprint density at radius 3 is 2.15 bits per heavy atom. The lowest BCUT2D eigenvalue weighted by Crippen LogP contribution is -2.67. The molecule has 0 aliphatic heterocycles. The Labute approximate surface area is 201 Å². The van der Waals surface area contributed by atoms with Crippen molar-refractivity contribution in [1.82, 2.24) is 0 Å². The molecule has 0 unspecified atom stereocenters. The van der Waals surface area contributed by atoms with E-state index in [0.29, 0.717) is 23.7 Å². The minimum Gasteiger partial charge on any atom is -0.481 e. The summed E-state index contributed by atoms with van der Waals surface area (Å²) in [6.07, 6.45) is 10.5. The molecule has 186 valence electrons. The molecular weight excluding hydrogens is 408 g/mol. The summed E-state index contributed by atoms with van der Waals surface area (Å²) in [5, 5.41) is 21.4. The van der Waals surface area contributed by atoms with Gasteiger partial charge in [-0.05, 0) is 122 Å². The van der Waals surface area contributed by atoms with E-state index in [9.17, 15) is 15.0 Å². The van der Waals surface area contributed by atoms with Crippen LogP contribution in [0.2, 0.25) is 0 Å². The average Bonchev–Trinajstić information content (AvgIpc) is 3.13. The number of hydrogen-bond donors (Lipinski definition) is 2. The lowest BCUT2D eigenvalue weighted by Gasteiger charge is -2.72. The summed E-state index contributed by atoms with van der Waals surface area (Å²) in [4.78, 5) is 12.8. The molecule has 0 aromatic carbocycles. The monoisotopic (exact) mass is 456 g/mol. The average molecular weight is 457 g/mol. The van der Waals surface area contributed by atoms with Crippen molar-refractivity contribution < 1.29 is 15.0 Å². The van der Waals surface area contributed by atoms with Gasteiger partial charge >= 0.3 is 5.97 Å². The summed E-state index contributed by atoms with van der Waals surface area (Å²) in [6.45, 7) is 18.8.